The van der Waals surface area contributed by atoms with E-state index >= 15 is 0 Å². The molecule has 0 amide bonds. The van der Waals surface area contributed by atoms with E-state index in [4.69, 9.17) is 0 Å². The molecule has 0 radical (unpaired) electrons. The number of rotatable bonds is 2. The van der Waals surface area contributed by atoms with Gasteiger partial charge in [0.05, 0.1) is 11.4 Å². The van der Waals surface area contributed by atoms with Gasteiger partial charge in [-0.1, -0.05) is 18.2 Å². The van der Waals surface area contributed by atoms with Crippen LogP contribution in [-0.4, -0.2) is 15.0 Å². The summed E-state index contributed by atoms with van der Waals surface area (Å²) in [5.74, 6) is -0.307. The summed E-state index contributed by atoms with van der Waals surface area (Å²) in [4.78, 5) is 12.5. The van der Waals surface area contributed by atoms with Crippen LogP contribution in [-0.2, 0) is 0 Å². The molecule has 0 atom stereocenters. The molecule has 3 aromatic rings. The number of nitrogens with zero attached hydrogens (tertiary/aromatic N) is 3. The van der Waals surface area contributed by atoms with E-state index in [1.807, 2.05) is 18.2 Å². The lowest BCUT2D eigenvalue weighted by molar-refractivity contribution is 0.630. The van der Waals surface area contributed by atoms with Crippen molar-refractivity contribution in [3.63, 3.8) is 0 Å². The molecule has 0 aliphatic carbocycles. The van der Waals surface area contributed by atoms with Gasteiger partial charge in [-0.15, -0.1) is 0 Å². The Kier molecular flexibility index (Phi) is 2.98. The highest BCUT2D eigenvalue weighted by Gasteiger charge is 2.12. The summed E-state index contributed by atoms with van der Waals surface area (Å²) in [6.45, 7) is 0. The summed E-state index contributed by atoms with van der Waals surface area (Å²) in [5.41, 5.74) is 2.44. The maximum atomic E-state index is 13.9. The first-order valence-corrected chi connectivity index (χ1v) is 5.82. The predicted molar refractivity (Wildman–Crippen MR) is 70.7 cm³/mol. The summed E-state index contributed by atoms with van der Waals surface area (Å²) in [6.07, 6.45) is 4.75. The molecule has 3 rings (SSSR count). The molecular formula is C15H10FN3. The normalized spacial score (nSPS) is 10.4. The highest BCUT2D eigenvalue weighted by atomic mass is 19.1. The van der Waals surface area contributed by atoms with Crippen molar-refractivity contribution in [1.82, 2.24) is 15.0 Å². The predicted octanol–water partition coefficient (Wildman–Crippen LogP) is 3.34. The van der Waals surface area contributed by atoms with E-state index in [0.717, 1.165) is 5.69 Å². The summed E-state index contributed by atoms with van der Waals surface area (Å²) in [7, 11) is 0. The molecule has 0 spiro atoms. The molecule has 4 heteroatoms. The number of pyridine rings is 1. The van der Waals surface area contributed by atoms with E-state index in [9.17, 15) is 4.39 Å². The number of halogens is 1. The van der Waals surface area contributed by atoms with Crippen molar-refractivity contribution in [3.05, 3.63) is 67.0 Å². The largest absolute Gasteiger partial charge is 0.256 e. The van der Waals surface area contributed by atoms with Crippen LogP contribution >= 0.6 is 0 Å². The third-order valence-corrected chi connectivity index (χ3v) is 2.78. The molecule has 19 heavy (non-hydrogen) atoms. The zero-order valence-corrected chi connectivity index (χ0v) is 9.99. The molecule has 0 unspecified atom stereocenters. The quantitative estimate of drug-likeness (QED) is 0.701. The van der Waals surface area contributed by atoms with Crippen LogP contribution in [0.2, 0.25) is 0 Å². The Morgan fingerprint density at radius 2 is 1.68 bits per heavy atom. The zero-order chi connectivity index (χ0) is 13.1. The van der Waals surface area contributed by atoms with E-state index in [-0.39, 0.29) is 5.82 Å². The number of hydrogen-bond acceptors (Lipinski definition) is 3. The lowest BCUT2D eigenvalue weighted by Gasteiger charge is -2.08. The molecular weight excluding hydrogens is 241 g/mol. The van der Waals surface area contributed by atoms with Gasteiger partial charge in [0.2, 0.25) is 0 Å². The first-order chi connectivity index (χ1) is 9.36. The summed E-state index contributed by atoms with van der Waals surface area (Å²) in [5, 5.41) is 0. The molecule has 1 aromatic carbocycles. The van der Waals surface area contributed by atoms with E-state index in [2.05, 4.69) is 15.0 Å². The van der Waals surface area contributed by atoms with Gasteiger partial charge in [-0.25, -0.2) is 14.4 Å². The molecule has 92 valence electrons. The van der Waals surface area contributed by atoms with Crippen LogP contribution < -0.4 is 0 Å². The summed E-state index contributed by atoms with van der Waals surface area (Å²) in [6, 6.07) is 12.1. The van der Waals surface area contributed by atoms with Crippen LogP contribution in [0.3, 0.4) is 0 Å². The highest BCUT2D eigenvalue weighted by molar-refractivity contribution is 5.78. The standard InChI is InChI=1S/C15H10FN3/c16-13-6-2-1-5-11(13)15-12(9-17-10-19-15)14-7-3-4-8-18-14/h1-10H. The molecule has 0 saturated carbocycles. The molecule has 0 aliphatic heterocycles. The van der Waals surface area contributed by atoms with Crippen LogP contribution in [0.25, 0.3) is 22.5 Å². The second kappa shape index (κ2) is 4.94. The monoisotopic (exact) mass is 251 g/mol. The Bertz CT molecular complexity index is 699. The second-order valence-electron chi connectivity index (χ2n) is 3.98. The Hall–Kier alpha value is -2.62. The Labute approximate surface area is 109 Å². The van der Waals surface area contributed by atoms with Gasteiger partial charge in [-0.05, 0) is 24.3 Å². The minimum atomic E-state index is -0.307. The molecule has 0 N–H and O–H groups in total. The number of aromatic nitrogens is 3. The third kappa shape index (κ3) is 2.20. The van der Waals surface area contributed by atoms with Gasteiger partial charge < -0.3 is 0 Å². The van der Waals surface area contributed by atoms with Gasteiger partial charge in [0.15, 0.2) is 0 Å². The fraction of sp³-hybridized carbons (Fsp3) is 0. The maximum Gasteiger partial charge on any atom is 0.132 e. The molecule has 3 nitrogen and oxygen atoms in total. The average molecular weight is 251 g/mol. The minimum Gasteiger partial charge on any atom is -0.256 e. The van der Waals surface area contributed by atoms with Crippen LogP contribution in [0.5, 0.6) is 0 Å². The third-order valence-electron chi connectivity index (χ3n) is 2.78. The van der Waals surface area contributed by atoms with Gasteiger partial charge in [0.1, 0.15) is 12.1 Å². The first-order valence-electron chi connectivity index (χ1n) is 5.82. The van der Waals surface area contributed by atoms with E-state index in [0.29, 0.717) is 16.8 Å². The number of hydrogen-bond donors (Lipinski definition) is 0. The second-order valence-corrected chi connectivity index (χ2v) is 3.98. The van der Waals surface area contributed by atoms with Gasteiger partial charge >= 0.3 is 0 Å². The summed E-state index contributed by atoms with van der Waals surface area (Å²) >= 11 is 0. The van der Waals surface area contributed by atoms with E-state index < -0.39 is 0 Å². The van der Waals surface area contributed by atoms with Crippen molar-refractivity contribution in [2.75, 3.05) is 0 Å². The van der Waals surface area contributed by atoms with Crippen molar-refractivity contribution in [2.45, 2.75) is 0 Å². The van der Waals surface area contributed by atoms with Crippen LogP contribution in [0.15, 0.2) is 61.2 Å². The van der Waals surface area contributed by atoms with Gasteiger partial charge in [-0.2, -0.15) is 0 Å². The van der Waals surface area contributed by atoms with Crippen molar-refractivity contribution in [3.8, 4) is 22.5 Å². The molecule has 2 aromatic heterocycles. The van der Waals surface area contributed by atoms with Crippen molar-refractivity contribution in [1.29, 1.82) is 0 Å². The Morgan fingerprint density at radius 3 is 2.47 bits per heavy atom. The van der Waals surface area contributed by atoms with Gasteiger partial charge in [-0.3, -0.25) is 4.98 Å². The van der Waals surface area contributed by atoms with E-state index in [1.165, 1.54) is 12.4 Å². The van der Waals surface area contributed by atoms with Crippen molar-refractivity contribution >= 4 is 0 Å². The SMILES string of the molecule is Fc1ccccc1-c1ncncc1-c1ccccn1. The molecule has 0 aliphatic rings. The van der Waals surface area contributed by atoms with Gasteiger partial charge in [0.25, 0.3) is 0 Å². The number of benzene rings is 1. The van der Waals surface area contributed by atoms with Crippen LogP contribution in [0.1, 0.15) is 0 Å². The minimum absolute atomic E-state index is 0.307. The molecule has 0 saturated heterocycles. The maximum absolute atomic E-state index is 13.9. The smallest absolute Gasteiger partial charge is 0.132 e. The highest BCUT2D eigenvalue weighted by Crippen LogP contribution is 2.29. The first kappa shape index (κ1) is 11.5. The fourth-order valence-electron chi connectivity index (χ4n) is 1.91. The van der Waals surface area contributed by atoms with Crippen molar-refractivity contribution < 1.29 is 4.39 Å². The van der Waals surface area contributed by atoms with Crippen LogP contribution in [0, 0.1) is 5.82 Å². The lowest BCUT2D eigenvalue weighted by atomic mass is 10.0. The summed E-state index contributed by atoms with van der Waals surface area (Å²) < 4.78 is 13.9. The molecule has 0 bridgehead atoms. The molecule has 2 heterocycles. The zero-order valence-electron chi connectivity index (χ0n) is 9.99. The van der Waals surface area contributed by atoms with Gasteiger partial charge in [0, 0.05) is 23.5 Å². The Morgan fingerprint density at radius 1 is 0.842 bits per heavy atom. The van der Waals surface area contributed by atoms with E-state index in [1.54, 1.807) is 30.6 Å². The average Bonchev–Trinajstić information content (AvgIpc) is 2.49. The Balaban J connectivity index is 2.21. The fourth-order valence-corrected chi connectivity index (χ4v) is 1.91. The lowest BCUT2D eigenvalue weighted by Crippen LogP contribution is -1.94. The topological polar surface area (TPSA) is 38.7 Å². The van der Waals surface area contributed by atoms with Crippen LogP contribution in [0.4, 0.5) is 4.39 Å². The van der Waals surface area contributed by atoms with Crippen molar-refractivity contribution in [2.24, 2.45) is 0 Å². The molecule has 0 fully saturated rings.